The smallest absolute Gasteiger partial charge is 0.250 e. The summed E-state index contributed by atoms with van der Waals surface area (Å²) >= 11 is 1.42. The van der Waals surface area contributed by atoms with Crippen LogP contribution >= 0.6 is 11.3 Å². The molecule has 144 valence electrons. The summed E-state index contributed by atoms with van der Waals surface area (Å²) in [7, 11) is 0. The van der Waals surface area contributed by atoms with Gasteiger partial charge in [0.05, 0.1) is 12.3 Å². The fraction of sp³-hybridized carbons (Fsp3) is 0.217. The molecule has 0 aliphatic rings. The van der Waals surface area contributed by atoms with Crippen LogP contribution in [0.4, 0.5) is 5.13 Å². The third-order valence-corrected chi connectivity index (χ3v) is 4.94. The van der Waals surface area contributed by atoms with Crippen LogP contribution in [0.1, 0.15) is 30.0 Å². The van der Waals surface area contributed by atoms with Crippen LogP contribution < -0.4 is 10.1 Å². The zero-order valence-electron chi connectivity index (χ0n) is 16.4. The highest BCUT2D eigenvalue weighted by Crippen LogP contribution is 2.28. The summed E-state index contributed by atoms with van der Waals surface area (Å²) in [5, 5.41) is 5.39. The fourth-order valence-corrected chi connectivity index (χ4v) is 3.39. The Morgan fingerprint density at radius 3 is 2.71 bits per heavy atom. The molecule has 1 aromatic heterocycles. The lowest BCUT2D eigenvalue weighted by Gasteiger charge is -2.04. The van der Waals surface area contributed by atoms with Crippen LogP contribution in [-0.4, -0.2) is 17.5 Å². The van der Waals surface area contributed by atoms with Crippen molar-refractivity contribution in [2.75, 3.05) is 11.9 Å². The zero-order chi connectivity index (χ0) is 19.9. The van der Waals surface area contributed by atoms with Crippen molar-refractivity contribution in [3.05, 3.63) is 70.6 Å². The number of rotatable bonds is 7. The van der Waals surface area contributed by atoms with Crippen molar-refractivity contribution in [1.29, 1.82) is 0 Å². The van der Waals surface area contributed by atoms with Gasteiger partial charge in [0.15, 0.2) is 5.13 Å². The summed E-state index contributed by atoms with van der Waals surface area (Å²) in [4.78, 5) is 16.8. The number of thiazole rings is 1. The summed E-state index contributed by atoms with van der Waals surface area (Å²) in [6.07, 6.45) is 4.27. The van der Waals surface area contributed by atoms with Gasteiger partial charge in [0.2, 0.25) is 5.91 Å². The first kappa shape index (κ1) is 19.8. The van der Waals surface area contributed by atoms with E-state index in [2.05, 4.69) is 49.3 Å². The minimum absolute atomic E-state index is 0.201. The Morgan fingerprint density at radius 1 is 1.18 bits per heavy atom. The minimum Gasteiger partial charge on any atom is -0.494 e. The number of amides is 1. The molecule has 0 radical (unpaired) electrons. The maximum Gasteiger partial charge on any atom is 0.250 e. The van der Waals surface area contributed by atoms with E-state index < -0.39 is 0 Å². The molecule has 1 heterocycles. The molecule has 1 N–H and O–H groups in total. The predicted molar refractivity (Wildman–Crippen MR) is 117 cm³/mol. The lowest BCUT2D eigenvalue weighted by molar-refractivity contribution is -0.111. The van der Waals surface area contributed by atoms with Gasteiger partial charge in [0.1, 0.15) is 5.75 Å². The van der Waals surface area contributed by atoms with Crippen molar-refractivity contribution in [2.45, 2.75) is 27.2 Å². The number of hydrogen-bond donors (Lipinski definition) is 1. The van der Waals surface area contributed by atoms with Crippen LogP contribution in [0.3, 0.4) is 0 Å². The lowest BCUT2D eigenvalue weighted by Crippen LogP contribution is -2.07. The van der Waals surface area contributed by atoms with Gasteiger partial charge in [-0.2, -0.15) is 0 Å². The zero-order valence-corrected chi connectivity index (χ0v) is 17.2. The molecule has 0 aliphatic carbocycles. The summed E-state index contributed by atoms with van der Waals surface area (Å²) in [6.45, 7) is 6.90. The van der Waals surface area contributed by atoms with Crippen LogP contribution in [-0.2, 0) is 4.79 Å². The number of ether oxygens (including phenoxy) is 1. The summed E-state index contributed by atoms with van der Waals surface area (Å²) < 4.78 is 5.56. The second kappa shape index (κ2) is 9.33. The Balaban J connectivity index is 1.61. The van der Waals surface area contributed by atoms with E-state index in [1.54, 1.807) is 6.08 Å². The van der Waals surface area contributed by atoms with Gasteiger partial charge in [-0.3, -0.25) is 10.1 Å². The Morgan fingerprint density at radius 2 is 1.96 bits per heavy atom. The first-order valence-electron chi connectivity index (χ1n) is 9.30. The molecule has 0 saturated heterocycles. The molecular weight excluding hydrogens is 368 g/mol. The predicted octanol–water partition coefficient (Wildman–Crippen LogP) is 5.87. The van der Waals surface area contributed by atoms with E-state index >= 15 is 0 Å². The van der Waals surface area contributed by atoms with Gasteiger partial charge in [-0.1, -0.05) is 36.8 Å². The van der Waals surface area contributed by atoms with Gasteiger partial charge in [0.25, 0.3) is 0 Å². The number of anilines is 1. The van der Waals surface area contributed by atoms with E-state index in [4.69, 9.17) is 4.74 Å². The highest BCUT2D eigenvalue weighted by Gasteiger charge is 2.09. The number of carbonyl (C=O) groups is 1. The highest BCUT2D eigenvalue weighted by molar-refractivity contribution is 7.14. The Kier molecular flexibility index (Phi) is 6.61. The number of hydrogen-bond acceptors (Lipinski definition) is 4. The van der Waals surface area contributed by atoms with Crippen molar-refractivity contribution in [2.24, 2.45) is 0 Å². The highest BCUT2D eigenvalue weighted by atomic mass is 32.1. The second-order valence-corrected chi connectivity index (χ2v) is 7.45. The monoisotopic (exact) mass is 392 g/mol. The van der Waals surface area contributed by atoms with E-state index in [-0.39, 0.29) is 5.91 Å². The second-order valence-electron chi connectivity index (χ2n) is 6.60. The average molecular weight is 393 g/mol. The van der Waals surface area contributed by atoms with Crippen molar-refractivity contribution in [3.8, 4) is 17.0 Å². The molecule has 0 saturated carbocycles. The quantitative estimate of drug-likeness (QED) is 0.512. The molecule has 5 heteroatoms. The Labute approximate surface area is 169 Å². The Bertz CT molecular complexity index is 975. The van der Waals surface area contributed by atoms with E-state index in [0.717, 1.165) is 29.0 Å². The summed E-state index contributed by atoms with van der Waals surface area (Å²) in [5.41, 5.74) is 5.27. The van der Waals surface area contributed by atoms with E-state index in [1.165, 1.54) is 28.5 Å². The number of nitrogens with one attached hydrogen (secondary N) is 1. The SMILES string of the molecule is CCCOc1ccc(/C=C/C(=O)Nc2nc(-c3cc(C)ccc3C)cs2)cc1. The molecule has 1 amide bonds. The molecule has 28 heavy (non-hydrogen) atoms. The number of nitrogens with zero attached hydrogens (tertiary/aromatic N) is 1. The van der Waals surface area contributed by atoms with Crippen molar-refractivity contribution in [1.82, 2.24) is 4.98 Å². The van der Waals surface area contributed by atoms with Gasteiger partial charge in [0, 0.05) is 17.0 Å². The largest absolute Gasteiger partial charge is 0.494 e. The molecule has 0 atom stereocenters. The molecule has 4 nitrogen and oxygen atoms in total. The number of benzene rings is 2. The molecule has 3 rings (SSSR count). The van der Waals surface area contributed by atoms with Crippen LogP contribution in [0.2, 0.25) is 0 Å². The topological polar surface area (TPSA) is 51.2 Å². The number of aryl methyl sites for hydroxylation is 2. The summed E-state index contributed by atoms with van der Waals surface area (Å²) in [5.74, 6) is 0.637. The van der Waals surface area contributed by atoms with Crippen molar-refractivity contribution in [3.63, 3.8) is 0 Å². The van der Waals surface area contributed by atoms with Crippen LogP contribution in [0, 0.1) is 13.8 Å². The third kappa shape index (κ3) is 5.30. The third-order valence-electron chi connectivity index (χ3n) is 4.18. The van der Waals surface area contributed by atoms with E-state index in [0.29, 0.717) is 11.7 Å². The molecule has 0 unspecified atom stereocenters. The van der Waals surface area contributed by atoms with E-state index in [9.17, 15) is 4.79 Å². The summed E-state index contributed by atoms with van der Waals surface area (Å²) in [6, 6.07) is 14.0. The first-order chi connectivity index (χ1) is 13.5. The maximum atomic E-state index is 12.2. The van der Waals surface area contributed by atoms with Gasteiger partial charge < -0.3 is 4.74 Å². The van der Waals surface area contributed by atoms with Crippen molar-refractivity contribution >= 4 is 28.5 Å². The fourth-order valence-electron chi connectivity index (χ4n) is 2.68. The van der Waals surface area contributed by atoms with Gasteiger partial charge in [-0.25, -0.2) is 4.98 Å². The molecule has 3 aromatic rings. The van der Waals surface area contributed by atoms with Crippen molar-refractivity contribution < 1.29 is 9.53 Å². The van der Waals surface area contributed by atoms with Crippen LogP contribution in [0.25, 0.3) is 17.3 Å². The van der Waals surface area contributed by atoms with E-state index in [1.807, 2.05) is 29.6 Å². The maximum absolute atomic E-state index is 12.2. The molecule has 2 aromatic carbocycles. The van der Waals surface area contributed by atoms with Crippen LogP contribution in [0.15, 0.2) is 53.9 Å². The van der Waals surface area contributed by atoms with Crippen LogP contribution in [0.5, 0.6) is 5.75 Å². The lowest BCUT2D eigenvalue weighted by atomic mass is 10.0. The number of aromatic nitrogens is 1. The van der Waals surface area contributed by atoms with Gasteiger partial charge in [-0.15, -0.1) is 11.3 Å². The molecule has 0 bridgehead atoms. The molecule has 0 fully saturated rings. The molecule has 0 aliphatic heterocycles. The standard InChI is InChI=1S/C23H24N2O2S/c1-4-13-27-19-10-7-18(8-11-19)9-12-22(26)25-23-24-21(15-28-23)20-14-16(2)5-6-17(20)3/h5-12,14-15H,4,13H2,1-3H3,(H,24,25,26)/b12-9+. The first-order valence-corrected chi connectivity index (χ1v) is 10.2. The average Bonchev–Trinajstić information content (AvgIpc) is 3.15. The van der Waals surface area contributed by atoms with Gasteiger partial charge in [-0.05, 0) is 55.7 Å². The van der Waals surface area contributed by atoms with Gasteiger partial charge >= 0.3 is 0 Å². The minimum atomic E-state index is -0.201. The molecular formula is C23H24N2O2S. The normalized spacial score (nSPS) is 11.0. The molecule has 0 spiro atoms. The Hall–Kier alpha value is -2.92. The number of carbonyl (C=O) groups excluding carboxylic acids is 1.